The lowest BCUT2D eigenvalue weighted by Gasteiger charge is -2.47. The number of benzene rings is 1. The summed E-state index contributed by atoms with van der Waals surface area (Å²) in [6, 6.07) is 5.25. The minimum absolute atomic E-state index is 0.361. The minimum Gasteiger partial charge on any atom is -0.166 e. The van der Waals surface area contributed by atoms with Crippen molar-refractivity contribution in [1.29, 1.82) is 0 Å². The van der Waals surface area contributed by atoms with E-state index < -0.39 is 19.8 Å². The molecule has 4 heteroatoms. The maximum absolute atomic E-state index is 12.8. The molecule has 0 aromatic heterocycles. The van der Waals surface area contributed by atoms with E-state index in [2.05, 4.69) is 60.3 Å². The standard InChI is InChI=1S/C23H35F3Si/c1-8-9-10-22(27(17(2)3,18(4)5)19(6)7)16-13-20-11-14-21(15-12-20)23(24,25)26/h11-12,14-15,17-19,22H,8-10H2,1-7H3. The topological polar surface area (TPSA) is 0 Å². The summed E-state index contributed by atoms with van der Waals surface area (Å²) in [5, 5.41) is 0. The van der Waals surface area contributed by atoms with Crippen LogP contribution in [0.3, 0.4) is 0 Å². The molecule has 0 heterocycles. The van der Waals surface area contributed by atoms with Gasteiger partial charge in [0, 0.05) is 11.1 Å². The lowest BCUT2D eigenvalue weighted by atomic mass is 10.1. The largest absolute Gasteiger partial charge is 0.416 e. The molecule has 1 unspecified atom stereocenters. The van der Waals surface area contributed by atoms with Crippen LogP contribution in [0.25, 0.3) is 0 Å². The van der Waals surface area contributed by atoms with Crippen LogP contribution < -0.4 is 0 Å². The highest BCUT2D eigenvalue weighted by Gasteiger charge is 2.47. The SMILES string of the molecule is CCCCC(C#Cc1ccc(C(F)(F)F)cc1)[Si](C(C)C)(C(C)C)C(C)C. The van der Waals surface area contributed by atoms with Crippen molar-refractivity contribution in [2.24, 2.45) is 0 Å². The Labute approximate surface area is 165 Å². The van der Waals surface area contributed by atoms with Crippen molar-refractivity contribution in [2.45, 2.75) is 96.1 Å². The second-order valence-electron chi connectivity index (χ2n) is 8.50. The van der Waals surface area contributed by atoms with Crippen LogP contribution in [0.4, 0.5) is 13.2 Å². The zero-order valence-electron chi connectivity index (χ0n) is 17.9. The van der Waals surface area contributed by atoms with Crippen molar-refractivity contribution < 1.29 is 13.2 Å². The van der Waals surface area contributed by atoms with Gasteiger partial charge < -0.3 is 0 Å². The summed E-state index contributed by atoms with van der Waals surface area (Å²) in [5.74, 6) is 6.76. The molecular weight excluding hydrogens is 361 g/mol. The van der Waals surface area contributed by atoms with Gasteiger partial charge in [0.25, 0.3) is 0 Å². The Morgan fingerprint density at radius 1 is 0.889 bits per heavy atom. The number of hydrogen-bond acceptors (Lipinski definition) is 0. The fourth-order valence-corrected chi connectivity index (χ4v) is 12.4. The third-order valence-electron chi connectivity index (χ3n) is 6.05. The fourth-order valence-electron chi connectivity index (χ4n) is 4.98. The van der Waals surface area contributed by atoms with E-state index in [1.807, 2.05) is 0 Å². The summed E-state index contributed by atoms with van der Waals surface area (Å²) in [6.07, 6.45) is -0.931. The van der Waals surface area contributed by atoms with E-state index in [4.69, 9.17) is 0 Å². The van der Waals surface area contributed by atoms with Gasteiger partial charge in [0.1, 0.15) is 0 Å². The van der Waals surface area contributed by atoms with Crippen LogP contribution in [-0.4, -0.2) is 8.07 Å². The molecule has 152 valence electrons. The van der Waals surface area contributed by atoms with Gasteiger partial charge in [-0.05, 0) is 47.3 Å². The Balaban J connectivity index is 3.31. The Morgan fingerprint density at radius 2 is 1.37 bits per heavy atom. The van der Waals surface area contributed by atoms with Crippen LogP contribution in [0.5, 0.6) is 0 Å². The molecule has 0 saturated heterocycles. The van der Waals surface area contributed by atoms with Crippen LogP contribution in [0.15, 0.2) is 24.3 Å². The molecule has 1 rings (SSSR count). The summed E-state index contributed by atoms with van der Waals surface area (Å²) in [6.45, 7) is 16.2. The second kappa shape index (κ2) is 9.82. The average molecular weight is 397 g/mol. The molecule has 0 aliphatic carbocycles. The highest BCUT2D eigenvalue weighted by atomic mass is 28.3. The number of unbranched alkanes of at least 4 members (excludes halogenated alkanes) is 1. The number of halogens is 3. The van der Waals surface area contributed by atoms with Crippen LogP contribution in [0.1, 0.15) is 78.9 Å². The summed E-state index contributed by atoms with van der Waals surface area (Å²) >= 11 is 0. The molecule has 1 aromatic rings. The maximum atomic E-state index is 12.8. The van der Waals surface area contributed by atoms with E-state index >= 15 is 0 Å². The molecule has 0 amide bonds. The predicted molar refractivity (Wildman–Crippen MR) is 113 cm³/mol. The van der Waals surface area contributed by atoms with Gasteiger partial charge in [-0.15, -0.1) is 0 Å². The molecule has 27 heavy (non-hydrogen) atoms. The van der Waals surface area contributed by atoms with E-state index in [0.717, 1.165) is 31.4 Å². The number of alkyl halides is 3. The average Bonchev–Trinajstić information content (AvgIpc) is 2.55. The molecule has 0 N–H and O–H groups in total. The quantitative estimate of drug-likeness (QED) is 0.321. The van der Waals surface area contributed by atoms with Crippen molar-refractivity contribution in [3.05, 3.63) is 35.4 Å². The zero-order chi connectivity index (χ0) is 20.8. The van der Waals surface area contributed by atoms with Gasteiger partial charge in [-0.25, -0.2) is 0 Å². The lowest BCUT2D eigenvalue weighted by Crippen LogP contribution is -2.48. The first-order chi connectivity index (χ1) is 12.5. The maximum Gasteiger partial charge on any atom is 0.416 e. The van der Waals surface area contributed by atoms with E-state index in [1.54, 1.807) is 0 Å². The van der Waals surface area contributed by atoms with Crippen molar-refractivity contribution in [3.8, 4) is 11.8 Å². The van der Waals surface area contributed by atoms with Crippen LogP contribution in [-0.2, 0) is 6.18 Å². The van der Waals surface area contributed by atoms with Crippen LogP contribution >= 0.6 is 0 Å². The van der Waals surface area contributed by atoms with Crippen molar-refractivity contribution >= 4 is 8.07 Å². The summed E-state index contributed by atoms with van der Waals surface area (Å²) < 4.78 is 38.3. The Bertz CT molecular complexity index is 609. The molecule has 0 radical (unpaired) electrons. The summed E-state index contributed by atoms with van der Waals surface area (Å²) in [7, 11) is -1.74. The Kier molecular flexibility index (Phi) is 8.67. The molecule has 0 saturated carbocycles. The van der Waals surface area contributed by atoms with Gasteiger partial charge in [0.15, 0.2) is 0 Å². The predicted octanol–water partition coefficient (Wildman–Crippen LogP) is 8.30. The lowest BCUT2D eigenvalue weighted by molar-refractivity contribution is -0.137. The van der Waals surface area contributed by atoms with Crippen molar-refractivity contribution in [1.82, 2.24) is 0 Å². The zero-order valence-corrected chi connectivity index (χ0v) is 18.9. The smallest absolute Gasteiger partial charge is 0.166 e. The molecule has 0 spiro atoms. The van der Waals surface area contributed by atoms with Crippen molar-refractivity contribution in [2.75, 3.05) is 0 Å². The molecule has 1 atom stereocenters. The van der Waals surface area contributed by atoms with Gasteiger partial charge in [0.05, 0.1) is 13.6 Å². The second-order valence-corrected chi connectivity index (χ2v) is 14.7. The van der Waals surface area contributed by atoms with E-state index in [0.29, 0.717) is 27.7 Å². The highest BCUT2D eigenvalue weighted by Crippen LogP contribution is 2.50. The monoisotopic (exact) mass is 396 g/mol. The normalized spacial score (nSPS) is 13.8. The molecule has 0 aliphatic rings. The first kappa shape index (κ1) is 23.8. The number of hydrogen-bond donors (Lipinski definition) is 0. The first-order valence-corrected chi connectivity index (χ1v) is 12.5. The highest BCUT2D eigenvalue weighted by molar-refractivity contribution is 6.85. The van der Waals surface area contributed by atoms with E-state index in [9.17, 15) is 13.2 Å². The van der Waals surface area contributed by atoms with Gasteiger partial charge in [-0.3, -0.25) is 0 Å². The Morgan fingerprint density at radius 3 is 1.74 bits per heavy atom. The van der Waals surface area contributed by atoms with Gasteiger partial charge in [0.2, 0.25) is 0 Å². The fraction of sp³-hybridized carbons (Fsp3) is 0.652. The van der Waals surface area contributed by atoms with Crippen molar-refractivity contribution in [3.63, 3.8) is 0 Å². The minimum atomic E-state index is -4.30. The third kappa shape index (κ3) is 5.64. The molecule has 1 aromatic carbocycles. The van der Waals surface area contributed by atoms with E-state index in [-0.39, 0.29) is 0 Å². The molecule has 0 nitrogen and oxygen atoms in total. The third-order valence-corrected chi connectivity index (χ3v) is 13.7. The molecule has 0 fully saturated rings. The van der Waals surface area contributed by atoms with Gasteiger partial charge >= 0.3 is 6.18 Å². The van der Waals surface area contributed by atoms with Crippen LogP contribution in [0.2, 0.25) is 22.2 Å². The number of rotatable bonds is 7. The molecular formula is C23H35F3Si. The molecule has 0 aliphatic heterocycles. The van der Waals surface area contributed by atoms with Gasteiger partial charge in [-0.1, -0.05) is 73.1 Å². The first-order valence-electron chi connectivity index (χ1n) is 10.2. The molecule has 0 bridgehead atoms. The summed E-state index contributed by atoms with van der Waals surface area (Å²) in [4.78, 5) is 0. The summed E-state index contributed by atoms with van der Waals surface area (Å²) in [5.41, 5.74) is 2.25. The van der Waals surface area contributed by atoms with Crippen LogP contribution in [0, 0.1) is 11.8 Å². The Hall–Kier alpha value is -1.21. The van der Waals surface area contributed by atoms with E-state index in [1.165, 1.54) is 12.1 Å². The van der Waals surface area contributed by atoms with Gasteiger partial charge in [-0.2, -0.15) is 13.2 Å².